The number of ether oxygens (including phenoxy) is 1. The summed E-state index contributed by atoms with van der Waals surface area (Å²) in [7, 11) is 1.62. The minimum absolute atomic E-state index is 0.0234. The number of carbonyl (C=O) groups is 1. The fourth-order valence-electron chi connectivity index (χ4n) is 3.79. The van der Waals surface area contributed by atoms with Crippen LogP contribution < -0.4 is 0 Å². The van der Waals surface area contributed by atoms with Crippen LogP contribution in [-0.4, -0.2) is 53.8 Å². The van der Waals surface area contributed by atoms with Crippen LogP contribution in [0.2, 0.25) is 0 Å². The monoisotopic (exact) mass is 422 g/mol. The number of carbonyl (C=O) groups excluding carboxylic acids is 1. The molecule has 162 valence electrons. The Bertz CT molecular complexity index is 889. The van der Waals surface area contributed by atoms with Crippen molar-refractivity contribution in [1.29, 1.82) is 0 Å². The van der Waals surface area contributed by atoms with Gasteiger partial charge in [0.05, 0.1) is 24.5 Å². The lowest BCUT2D eigenvalue weighted by Gasteiger charge is -2.41. The molecule has 0 spiro atoms. The van der Waals surface area contributed by atoms with Gasteiger partial charge in [0, 0.05) is 44.8 Å². The van der Waals surface area contributed by atoms with E-state index in [1.54, 1.807) is 16.9 Å². The highest BCUT2D eigenvalue weighted by atomic mass is 19.4. The van der Waals surface area contributed by atoms with Crippen LogP contribution in [0.25, 0.3) is 0 Å². The number of hydrogen-bond donors (Lipinski definition) is 0. The number of nitrogens with zero attached hydrogens (tertiary/aromatic N) is 4. The summed E-state index contributed by atoms with van der Waals surface area (Å²) >= 11 is 0. The van der Waals surface area contributed by atoms with Crippen LogP contribution in [-0.2, 0) is 29.2 Å². The summed E-state index contributed by atoms with van der Waals surface area (Å²) < 4.78 is 43.5. The number of pyridine rings is 1. The number of amides is 1. The third-order valence-electron chi connectivity index (χ3n) is 5.41. The molecule has 9 heteroatoms. The first-order chi connectivity index (χ1) is 14.1. The predicted molar refractivity (Wildman–Crippen MR) is 106 cm³/mol. The molecule has 2 aliphatic heterocycles. The van der Waals surface area contributed by atoms with E-state index < -0.39 is 11.9 Å². The summed E-state index contributed by atoms with van der Waals surface area (Å²) in [4.78, 5) is 23.8. The van der Waals surface area contributed by atoms with Crippen LogP contribution in [0.4, 0.5) is 13.2 Å². The number of aliphatic imine (C=N–C) groups is 1. The van der Waals surface area contributed by atoms with Crippen LogP contribution in [0.15, 0.2) is 35.1 Å². The Hall–Kier alpha value is -2.68. The molecule has 6 nitrogen and oxygen atoms in total. The molecule has 2 aliphatic rings. The molecule has 0 saturated carbocycles. The molecule has 0 N–H and O–H groups in total. The third kappa shape index (κ3) is 4.72. The van der Waals surface area contributed by atoms with Crippen molar-refractivity contribution in [2.45, 2.75) is 39.2 Å². The van der Waals surface area contributed by atoms with E-state index in [0.29, 0.717) is 39.2 Å². The van der Waals surface area contributed by atoms with Gasteiger partial charge in [-0.1, -0.05) is 6.58 Å². The Morgan fingerprint density at radius 1 is 1.37 bits per heavy atom. The molecule has 0 bridgehead atoms. The lowest BCUT2D eigenvalue weighted by atomic mass is 9.95. The number of likely N-dealkylation sites (tertiary alicyclic amines) is 1. The highest BCUT2D eigenvalue weighted by Crippen LogP contribution is 2.31. The van der Waals surface area contributed by atoms with Crippen molar-refractivity contribution in [3.63, 3.8) is 0 Å². The summed E-state index contributed by atoms with van der Waals surface area (Å²) in [6, 6.07) is 1.98. The minimum Gasteiger partial charge on any atom is -0.378 e. The van der Waals surface area contributed by atoms with E-state index in [1.807, 2.05) is 13.0 Å². The van der Waals surface area contributed by atoms with Gasteiger partial charge in [0.25, 0.3) is 0 Å². The quantitative estimate of drug-likeness (QED) is 0.500. The molecule has 0 atom stereocenters. The molecule has 0 radical (unpaired) electrons. The fraction of sp³-hybridized carbons (Fsp3) is 0.476. The largest absolute Gasteiger partial charge is 0.433 e. The van der Waals surface area contributed by atoms with Gasteiger partial charge in [-0.25, -0.2) is 0 Å². The van der Waals surface area contributed by atoms with Crippen LogP contribution >= 0.6 is 0 Å². The zero-order valence-electron chi connectivity index (χ0n) is 17.1. The topological polar surface area (TPSA) is 58.0 Å². The molecule has 0 unspecified atom stereocenters. The molecule has 1 fully saturated rings. The molecule has 1 saturated heterocycles. The molecule has 1 amide bonds. The smallest absolute Gasteiger partial charge is 0.378 e. The Labute approximate surface area is 173 Å². The van der Waals surface area contributed by atoms with Crippen molar-refractivity contribution in [1.82, 2.24) is 14.8 Å². The van der Waals surface area contributed by atoms with Crippen LogP contribution in [0.3, 0.4) is 0 Å². The van der Waals surface area contributed by atoms with E-state index in [0.717, 1.165) is 28.6 Å². The molecule has 3 rings (SSSR count). The predicted octanol–water partition coefficient (Wildman–Crippen LogP) is 3.36. The number of allylic oxidation sites excluding steroid dienone is 2. The molecule has 0 aromatic carbocycles. The molecular formula is C21H25F3N4O2. The number of fused-ring (bicyclic) bond motifs is 1. The van der Waals surface area contributed by atoms with Gasteiger partial charge in [-0.2, -0.15) is 13.2 Å². The SMILES string of the molecule is C=N/C(=C\C(=C)N1CC(CC(=O)N2Cc3nc(COC)cc(C)c3C2)C1)C(F)(F)F. The summed E-state index contributed by atoms with van der Waals surface area (Å²) in [5.74, 6) is 0.103. The maximum absolute atomic E-state index is 12.8. The number of aromatic nitrogens is 1. The van der Waals surface area contributed by atoms with E-state index in [1.165, 1.54) is 0 Å². The van der Waals surface area contributed by atoms with Gasteiger partial charge in [-0.15, -0.1) is 0 Å². The van der Waals surface area contributed by atoms with E-state index in [4.69, 9.17) is 4.74 Å². The summed E-state index contributed by atoms with van der Waals surface area (Å²) in [5, 5.41) is 0. The molecule has 1 aromatic heterocycles. The van der Waals surface area contributed by atoms with Crippen LogP contribution in [0.5, 0.6) is 0 Å². The Kier molecular flexibility index (Phi) is 6.30. The fourth-order valence-corrected chi connectivity index (χ4v) is 3.79. The van der Waals surface area contributed by atoms with Crippen LogP contribution in [0.1, 0.15) is 28.9 Å². The highest BCUT2D eigenvalue weighted by Gasteiger charge is 2.36. The first-order valence-electron chi connectivity index (χ1n) is 9.56. The van der Waals surface area contributed by atoms with Gasteiger partial charge in [-0.3, -0.25) is 14.8 Å². The highest BCUT2D eigenvalue weighted by molar-refractivity contribution is 5.77. The lowest BCUT2D eigenvalue weighted by molar-refractivity contribution is -0.134. The Morgan fingerprint density at radius 3 is 2.67 bits per heavy atom. The second kappa shape index (κ2) is 8.59. The van der Waals surface area contributed by atoms with Crippen molar-refractivity contribution >= 4 is 12.6 Å². The van der Waals surface area contributed by atoms with E-state index in [-0.39, 0.29) is 17.5 Å². The van der Waals surface area contributed by atoms with Gasteiger partial charge < -0.3 is 14.5 Å². The first-order valence-corrected chi connectivity index (χ1v) is 9.56. The Balaban J connectivity index is 1.53. The summed E-state index contributed by atoms with van der Waals surface area (Å²) in [6.07, 6.45) is -3.34. The van der Waals surface area contributed by atoms with Gasteiger partial charge >= 0.3 is 6.18 Å². The molecular weight excluding hydrogens is 397 g/mol. The Morgan fingerprint density at radius 2 is 2.07 bits per heavy atom. The van der Waals surface area contributed by atoms with Gasteiger partial charge in [-0.05, 0) is 36.9 Å². The second-order valence-electron chi connectivity index (χ2n) is 7.69. The number of methoxy groups -OCH3 is 1. The lowest BCUT2D eigenvalue weighted by Crippen LogP contribution is -2.47. The van der Waals surface area contributed by atoms with Crippen LogP contribution in [0, 0.1) is 12.8 Å². The zero-order valence-corrected chi connectivity index (χ0v) is 17.1. The number of hydrogen-bond acceptors (Lipinski definition) is 5. The van der Waals surface area contributed by atoms with Crippen molar-refractivity contribution in [3.8, 4) is 0 Å². The second-order valence-corrected chi connectivity index (χ2v) is 7.69. The van der Waals surface area contributed by atoms with Gasteiger partial charge in [0.15, 0.2) is 0 Å². The zero-order chi connectivity index (χ0) is 22.1. The van der Waals surface area contributed by atoms with E-state index in [2.05, 4.69) is 23.3 Å². The van der Waals surface area contributed by atoms with E-state index in [9.17, 15) is 18.0 Å². The normalized spacial score (nSPS) is 17.0. The number of halogens is 3. The van der Waals surface area contributed by atoms with E-state index >= 15 is 0 Å². The maximum Gasteiger partial charge on any atom is 0.433 e. The molecule has 3 heterocycles. The van der Waals surface area contributed by atoms with Gasteiger partial charge in [0.2, 0.25) is 5.91 Å². The molecule has 1 aromatic rings. The average Bonchev–Trinajstić information content (AvgIpc) is 3.06. The minimum atomic E-state index is -4.56. The molecule has 0 aliphatic carbocycles. The number of aryl methyl sites for hydroxylation is 1. The van der Waals surface area contributed by atoms with Crippen molar-refractivity contribution in [3.05, 3.63) is 52.6 Å². The summed E-state index contributed by atoms with van der Waals surface area (Å²) in [6.45, 7) is 11.0. The summed E-state index contributed by atoms with van der Waals surface area (Å²) in [5.41, 5.74) is 3.07. The van der Waals surface area contributed by atoms with Crippen molar-refractivity contribution in [2.24, 2.45) is 10.9 Å². The third-order valence-corrected chi connectivity index (χ3v) is 5.41. The van der Waals surface area contributed by atoms with Crippen molar-refractivity contribution < 1.29 is 22.7 Å². The van der Waals surface area contributed by atoms with Crippen molar-refractivity contribution in [2.75, 3.05) is 20.2 Å². The molecule has 30 heavy (non-hydrogen) atoms. The maximum atomic E-state index is 12.8. The van der Waals surface area contributed by atoms with Gasteiger partial charge in [0.1, 0.15) is 5.70 Å². The number of alkyl halides is 3. The standard InChI is InChI=1S/C21H25F3N4O2/c1-13-5-16(12-30-4)26-18-11-28(10-17(13)18)20(29)7-15-8-27(9-15)14(2)6-19(25-3)21(22,23)24/h5-6,15H,2-3,7-12H2,1,4H3/b19-6-. The number of rotatable bonds is 7. The average molecular weight is 422 g/mol. The first kappa shape index (κ1) is 22.0.